The molecule has 0 unspecified atom stereocenters. The van der Waals surface area contributed by atoms with Gasteiger partial charge in [-0.15, -0.1) is 0 Å². The van der Waals surface area contributed by atoms with Crippen LogP contribution in [-0.2, 0) is 19.9 Å². The molecule has 3 rings (SSSR count). The van der Waals surface area contributed by atoms with Gasteiger partial charge in [0, 0.05) is 20.2 Å². The summed E-state index contributed by atoms with van der Waals surface area (Å²) in [5.41, 5.74) is 0.529. The van der Waals surface area contributed by atoms with Crippen molar-refractivity contribution in [1.82, 2.24) is 15.3 Å². The van der Waals surface area contributed by atoms with E-state index in [9.17, 15) is 9.59 Å². The van der Waals surface area contributed by atoms with Crippen LogP contribution >= 0.6 is 0 Å². The highest BCUT2D eigenvalue weighted by Crippen LogP contribution is 2.46. The number of urea groups is 1. The van der Waals surface area contributed by atoms with E-state index >= 15 is 0 Å². The van der Waals surface area contributed by atoms with Gasteiger partial charge < -0.3 is 14.9 Å². The zero-order valence-corrected chi connectivity index (χ0v) is 23.8. The summed E-state index contributed by atoms with van der Waals surface area (Å²) < 4.78 is 6.05. The average Bonchev–Trinajstić information content (AvgIpc) is 3.01. The van der Waals surface area contributed by atoms with Gasteiger partial charge in [-0.3, -0.25) is 4.90 Å². The molecule has 1 N–H and O–H groups in total. The number of amides is 2. The minimum atomic E-state index is -1.24. The van der Waals surface area contributed by atoms with Gasteiger partial charge in [0.25, 0.3) is 0 Å². The fourth-order valence-corrected chi connectivity index (χ4v) is 5.91. The Morgan fingerprint density at radius 1 is 1.09 bits per heavy atom. The Morgan fingerprint density at radius 3 is 2.26 bits per heavy atom. The second-order valence-corrected chi connectivity index (χ2v) is 18.3. The molecule has 2 amide bonds. The molecule has 8 heteroatoms. The molecule has 1 aromatic rings. The maximum Gasteiger partial charge on any atom is 0.355 e. The van der Waals surface area contributed by atoms with Crippen LogP contribution in [0.25, 0.3) is 0 Å². The molecule has 1 saturated carbocycles. The normalized spacial score (nSPS) is 25.4. The molecule has 1 aliphatic heterocycles. The number of carbonyl (C=O) groups excluding carboxylic acids is 2. The van der Waals surface area contributed by atoms with E-state index in [1.807, 2.05) is 38.8 Å². The molecule has 1 aromatic carbocycles. The third-order valence-corrected chi connectivity index (χ3v) is 9.10. The molecular formula is C27H45N3O4Si. The van der Waals surface area contributed by atoms with Crippen molar-refractivity contribution >= 4 is 20.1 Å². The molecule has 2 aliphatic rings. The fraction of sp³-hybridized carbons (Fsp3) is 0.704. The van der Waals surface area contributed by atoms with Crippen LogP contribution in [0.3, 0.4) is 0 Å². The highest BCUT2D eigenvalue weighted by molar-refractivity contribution is 6.76. The summed E-state index contributed by atoms with van der Waals surface area (Å²) in [4.78, 5) is 33.5. The number of hydrogen-bond acceptors (Lipinski definition) is 5. The van der Waals surface area contributed by atoms with E-state index in [-0.39, 0.29) is 36.1 Å². The number of nitrogens with one attached hydrogen (secondary N) is 1. The summed E-state index contributed by atoms with van der Waals surface area (Å²) in [6.07, 6.45) is 3.64. The Kier molecular flexibility index (Phi) is 8.39. The number of benzene rings is 1. The first-order valence-corrected chi connectivity index (χ1v) is 16.6. The van der Waals surface area contributed by atoms with Gasteiger partial charge in [-0.05, 0) is 49.8 Å². The standard InChI is InChI=1S/C27H45N3O4Si/c1-25(2,3)19-23(31)34-30-20-26(29(24(30)32)21-33-17-18-35(5,6)7)13-15-27(28-4,16-14-26)22-11-9-8-10-12-22/h8-12,28H,13-21H2,1-7H3. The molecule has 0 aromatic heterocycles. The first kappa shape index (κ1) is 27.7. The third kappa shape index (κ3) is 6.86. The van der Waals surface area contributed by atoms with Gasteiger partial charge in [0.2, 0.25) is 0 Å². The average molecular weight is 504 g/mol. The van der Waals surface area contributed by atoms with Crippen LogP contribution in [0.2, 0.25) is 25.7 Å². The molecule has 7 nitrogen and oxygen atoms in total. The molecule has 0 bridgehead atoms. The lowest BCUT2D eigenvalue weighted by Crippen LogP contribution is -2.55. The zero-order chi connectivity index (χ0) is 25.9. The summed E-state index contributed by atoms with van der Waals surface area (Å²) in [5, 5.41) is 4.86. The van der Waals surface area contributed by atoms with E-state index in [1.54, 1.807) is 0 Å². The van der Waals surface area contributed by atoms with Crippen LogP contribution < -0.4 is 5.32 Å². The Morgan fingerprint density at radius 2 is 1.71 bits per heavy atom. The SMILES string of the molecule is CNC1(c2ccccc2)CCC2(CC1)CN(OC(=O)CC(C)(C)C)C(=O)N2COCC[Si](C)(C)C. The quantitative estimate of drug-likeness (QED) is 0.363. The molecule has 1 heterocycles. The number of ether oxygens (including phenoxy) is 1. The van der Waals surface area contributed by atoms with Gasteiger partial charge >= 0.3 is 12.0 Å². The summed E-state index contributed by atoms with van der Waals surface area (Å²) in [7, 11) is 0.781. The lowest BCUT2D eigenvalue weighted by Gasteiger charge is -2.47. The van der Waals surface area contributed by atoms with Crippen molar-refractivity contribution in [2.75, 3.05) is 26.9 Å². The van der Waals surface area contributed by atoms with Crippen LogP contribution in [0.1, 0.15) is 58.4 Å². The van der Waals surface area contributed by atoms with Crippen molar-refractivity contribution < 1.29 is 19.2 Å². The van der Waals surface area contributed by atoms with E-state index in [0.717, 1.165) is 31.7 Å². The molecular weight excluding hydrogens is 458 g/mol. The monoisotopic (exact) mass is 503 g/mol. The maximum absolute atomic E-state index is 13.5. The predicted molar refractivity (Wildman–Crippen MR) is 141 cm³/mol. The van der Waals surface area contributed by atoms with Crippen molar-refractivity contribution in [2.45, 2.75) is 89.6 Å². The number of hydrogen-bond donors (Lipinski definition) is 1. The van der Waals surface area contributed by atoms with Crippen LogP contribution in [0.5, 0.6) is 0 Å². The Bertz CT molecular complexity index is 871. The zero-order valence-electron chi connectivity index (χ0n) is 22.8. The van der Waals surface area contributed by atoms with E-state index < -0.39 is 13.6 Å². The van der Waals surface area contributed by atoms with E-state index in [2.05, 4.69) is 49.2 Å². The summed E-state index contributed by atoms with van der Waals surface area (Å²) in [6.45, 7) is 14.2. The minimum absolute atomic E-state index is 0.129. The molecule has 1 saturated heterocycles. The number of rotatable bonds is 9. The van der Waals surface area contributed by atoms with Gasteiger partial charge in [-0.1, -0.05) is 70.7 Å². The number of carbonyl (C=O) groups is 2. The highest BCUT2D eigenvalue weighted by Gasteiger charge is 2.55. The lowest BCUT2D eigenvalue weighted by molar-refractivity contribution is -0.177. The van der Waals surface area contributed by atoms with Crippen molar-refractivity contribution in [3.63, 3.8) is 0 Å². The van der Waals surface area contributed by atoms with Crippen molar-refractivity contribution in [1.29, 1.82) is 0 Å². The van der Waals surface area contributed by atoms with Crippen molar-refractivity contribution in [3.05, 3.63) is 35.9 Å². The summed E-state index contributed by atoms with van der Waals surface area (Å²) >= 11 is 0. The van der Waals surface area contributed by atoms with Gasteiger partial charge in [-0.2, -0.15) is 5.06 Å². The molecule has 196 valence electrons. The van der Waals surface area contributed by atoms with E-state index in [0.29, 0.717) is 13.2 Å². The second kappa shape index (κ2) is 10.6. The number of nitrogens with zero attached hydrogens (tertiary/aromatic N) is 2. The van der Waals surface area contributed by atoms with Gasteiger partial charge in [-0.25, -0.2) is 9.59 Å². The van der Waals surface area contributed by atoms with Crippen molar-refractivity contribution in [3.8, 4) is 0 Å². The molecule has 0 atom stereocenters. The maximum atomic E-state index is 13.5. The second-order valence-electron chi connectivity index (χ2n) is 12.7. The van der Waals surface area contributed by atoms with Gasteiger partial charge in [0.1, 0.15) is 6.73 Å². The van der Waals surface area contributed by atoms with E-state index in [4.69, 9.17) is 9.57 Å². The topological polar surface area (TPSA) is 71.1 Å². The van der Waals surface area contributed by atoms with Gasteiger partial charge in [0.15, 0.2) is 0 Å². The van der Waals surface area contributed by atoms with Crippen LogP contribution in [-0.4, -0.2) is 62.5 Å². The Labute approximate surface area is 212 Å². The lowest BCUT2D eigenvalue weighted by atomic mass is 9.69. The fourth-order valence-electron chi connectivity index (χ4n) is 5.15. The van der Waals surface area contributed by atoms with E-state index in [1.165, 1.54) is 10.6 Å². The minimum Gasteiger partial charge on any atom is -0.361 e. The Hall–Kier alpha value is -1.90. The van der Waals surface area contributed by atoms with Crippen LogP contribution in [0.15, 0.2) is 30.3 Å². The molecule has 35 heavy (non-hydrogen) atoms. The van der Waals surface area contributed by atoms with Crippen LogP contribution in [0, 0.1) is 5.41 Å². The van der Waals surface area contributed by atoms with Gasteiger partial charge in [0.05, 0.1) is 18.5 Å². The first-order chi connectivity index (χ1) is 16.3. The number of hydroxylamine groups is 2. The summed E-state index contributed by atoms with van der Waals surface area (Å²) in [5.74, 6) is -0.368. The van der Waals surface area contributed by atoms with Crippen molar-refractivity contribution in [2.24, 2.45) is 5.41 Å². The Balaban J connectivity index is 1.77. The molecule has 1 spiro atoms. The third-order valence-electron chi connectivity index (χ3n) is 7.40. The first-order valence-electron chi connectivity index (χ1n) is 12.9. The molecule has 0 radical (unpaired) electrons. The summed E-state index contributed by atoms with van der Waals surface area (Å²) in [6, 6.07) is 11.3. The molecule has 1 aliphatic carbocycles. The largest absolute Gasteiger partial charge is 0.361 e. The highest BCUT2D eigenvalue weighted by atomic mass is 28.3. The predicted octanol–water partition coefficient (Wildman–Crippen LogP) is 5.36. The molecule has 2 fully saturated rings. The smallest absolute Gasteiger partial charge is 0.355 e. The van der Waals surface area contributed by atoms with Crippen LogP contribution in [0.4, 0.5) is 4.79 Å².